The van der Waals surface area contributed by atoms with E-state index in [1.165, 1.54) is 0 Å². The second-order valence-electron chi connectivity index (χ2n) is 13.4. The van der Waals surface area contributed by atoms with Crippen molar-refractivity contribution >= 4 is 5.78 Å². The largest absolute Gasteiger partial charge is 0.393 e. The maximum atomic E-state index is 14.2. The molecule has 0 spiro atoms. The molecule has 5 aliphatic rings. The molecule has 0 aromatic rings. The normalized spacial score (nSPS) is 58.6. The number of carbonyl (C=O) groups excluding carboxylic acids is 1. The summed E-state index contributed by atoms with van der Waals surface area (Å²) < 4.78 is 0. The van der Waals surface area contributed by atoms with E-state index >= 15 is 0 Å². The van der Waals surface area contributed by atoms with E-state index in [9.17, 15) is 20.1 Å². The summed E-state index contributed by atoms with van der Waals surface area (Å²) in [5.41, 5.74) is -0.901. The average Bonchev–Trinajstić information content (AvgIpc) is 3.06. The van der Waals surface area contributed by atoms with Crippen LogP contribution < -0.4 is 0 Å². The van der Waals surface area contributed by atoms with Crippen molar-refractivity contribution in [1.29, 1.82) is 0 Å². The summed E-state index contributed by atoms with van der Waals surface area (Å²) in [5.74, 6) is 1.89. The zero-order valence-corrected chi connectivity index (χ0v) is 20.2. The molecule has 0 heterocycles. The van der Waals surface area contributed by atoms with Crippen LogP contribution in [0, 0.1) is 58.2 Å². The second-order valence-corrected chi connectivity index (χ2v) is 13.4. The maximum absolute atomic E-state index is 14.2. The number of hydrogen-bond acceptors (Lipinski definition) is 4. The Labute approximate surface area is 188 Å². The van der Waals surface area contributed by atoms with E-state index in [1.807, 2.05) is 0 Å². The van der Waals surface area contributed by atoms with Gasteiger partial charge >= 0.3 is 0 Å². The van der Waals surface area contributed by atoms with Gasteiger partial charge < -0.3 is 15.3 Å². The fourth-order valence-corrected chi connectivity index (χ4v) is 10.5. The van der Waals surface area contributed by atoms with Crippen LogP contribution >= 0.6 is 0 Å². The van der Waals surface area contributed by atoms with Gasteiger partial charge in [-0.05, 0) is 97.7 Å². The van der Waals surface area contributed by atoms with E-state index in [2.05, 4.69) is 34.6 Å². The van der Waals surface area contributed by atoms with E-state index < -0.39 is 11.7 Å². The smallest absolute Gasteiger partial charge is 0.143 e. The van der Waals surface area contributed by atoms with Gasteiger partial charge in [0.05, 0.1) is 23.7 Å². The molecule has 0 bridgehead atoms. The molecule has 0 radical (unpaired) electrons. The van der Waals surface area contributed by atoms with Crippen molar-refractivity contribution in [1.82, 2.24) is 0 Å². The summed E-state index contributed by atoms with van der Waals surface area (Å²) in [6.45, 7) is 11.2. The molecule has 5 fully saturated rings. The Bertz CT molecular complexity index is 750. The molecule has 0 aliphatic heterocycles. The van der Waals surface area contributed by atoms with Crippen molar-refractivity contribution in [2.24, 2.45) is 58.2 Å². The highest BCUT2D eigenvalue weighted by Crippen LogP contribution is 2.71. The molecule has 12 atom stereocenters. The van der Waals surface area contributed by atoms with Crippen LogP contribution in [0.2, 0.25) is 0 Å². The van der Waals surface area contributed by atoms with Gasteiger partial charge in [0.1, 0.15) is 5.78 Å². The Morgan fingerprint density at radius 1 is 1.00 bits per heavy atom. The van der Waals surface area contributed by atoms with Gasteiger partial charge in [-0.3, -0.25) is 4.79 Å². The van der Waals surface area contributed by atoms with E-state index in [0.29, 0.717) is 42.8 Å². The van der Waals surface area contributed by atoms with Crippen LogP contribution in [-0.4, -0.2) is 38.9 Å². The maximum Gasteiger partial charge on any atom is 0.143 e. The van der Waals surface area contributed by atoms with Gasteiger partial charge in [0.2, 0.25) is 0 Å². The third-order valence-electron chi connectivity index (χ3n) is 11.2. The standard InChI is InChI=1S/C27H44O4/c1-14(2)12-27(31)13-15(3)21-23(27)24(30)22-17-11-20(29)19-10-16(28)6-8-25(19,4)18(17)7-9-26(21,22)5/h14-23,28-29,31H,6-13H2,1-5H3/t15-,16-,17-,18?,19-,20+,21+,22+,23-,25-,26-,27-/m1/s1. The third-order valence-corrected chi connectivity index (χ3v) is 11.2. The highest BCUT2D eigenvalue weighted by Gasteiger charge is 2.72. The van der Waals surface area contributed by atoms with Crippen LogP contribution in [0.5, 0.6) is 0 Å². The van der Waals surface area contributed by atoms with E-state index in [1.54, 1.807) is 0 Å². The first-order valence-corrected chi connectivity index (χ1v) is 13.0. The lowest BCUT2D eigenvalue weighted by molar-refractivity contribution is -0.175. The van der Waals surface area contributed by atoms with Crippen LogP contribution in [0.3, 0.4) is 0 Å². The predicted molar refractivity (Wildman–Crippen MR) is 120 cm³/mol. The fraction of sp³-hybridized carbons (Fsp3) is 0.963. The molecule has 0 aromatic heterocycles. The molecule has 176 valence electrons. The Morgan fingerprint density at radius 3 is 2.35 bits per heavy atom. The number of ketones is 1. The van der Waals surface area contributed by atoms with Gasteiger partial charge in [0.25, 0.3) is 0 Å². The van der Waals surface area contributed by atoms with Gasteiger partial charge in [-0.2, -0.15) is 0 Å². The number of aliphatic hydroxyl groups excluding tert-OH is 2. The molecular weight excluding hydrogens is 388 g/mol. The van der Waals surface area contributed by atoms with E-state index in [0.717, 1.165) is 32.1 Å². The summed E-state index contributed by atoms with van der Waals surface area (Å²) in [5, 5.41) is 33.3. The van der Waals surface area contributed by atoms with Crippen molar-refractivity contribution < 1.29 is 20.1 Å². The number of hydrogen-bond donors (Lipinski definition) is 3. The fourth-order valence-electron chi connectivity index (χ4n) is 10.5. The van der Waals surface area contributed by atoms with Crippen LogP contribution in [-0.2, 0) is 4.79 Å². The minimum absolute atomic E-state index is 0.0146. The molecule has 3 N–H and O–H groups in total. The highest BCUT2D eigenvalue weighted by atomic mass is 16.3. The van der Waals surface area contributed by atoms with Crippen molar-refractivity contribution in [3.05, 3.63) is 0 Å². The SMILES string of the molecule is CC(C)C[C@@]1(O)C[C@@H](C)[C@H]2[C@@H]1C(=O)[C@@H]1[C@@H]3C[C@H](O)[C@H]4C[C@H](O)CC[C@]4(C)C3CC[C@]21C. The first kappa shape index (κ1) is 22.3. The van der Waals surface area contributed by atoms with Crippen LogP contribution in [0.25, 0.3) is 0 Å². The van der Waals surface area contributed by atoms with Gasteiger partial charge in [0, 0.05) is 5.92 Å². The quantitative estimate of drug-likeness (QED) is 0.611. The molecule has 0 amide bonds. The number of carbonyl (C=O) groups is 1. The Hall–Kier alpha value is -0.450. The lowest BCUT2D eigenvalue weighted by Gasteiger charge is -2.61. The monoisotopic (exact) mass is 432 g/mol. The first-order chi connectivity index (χ1) is 14.4. The Balaban J connectivity index is 1.52. The van der Waals surface area contributed by atoms with Crippen molar-refractivity contribution in [3.63, 3.8) is 0 Å². The minimum Gasteiger partial charge on any atom is -0.393 e. The van der Waals surface area contributed by atoms with E-state index in [-0.39, 0.29) is 46.5 Å². The molecule has 0 saturated heterocycles. The molecule has 5 rings (SSSR count). The summed E-state index contributed by atoms with van der Waals surface area (Å²) >= 11 is 0. The third kappa shape index (κ3) is 2.93. The number of fused-ring (bicyclic) bond motifs is 7. The van der Waals surface area contributed by atoms with Crippen LogP contribution in [0.15, 0.2) is 0 Å². The lowest BCUT2D eigenvalue weighted by atomic mass is 9.43. The Morgan fingerprint density at radius 2 is 1.68 bits per heavy atom. The van der Waals surface area contributed by atoms with Crippen molar-refractivity contribution in [2.75, 3.05) is 0 Å². The molecule has 5 aliphatic carbocycles. The van der Waals surface area contributed by atoms with Crippen molar-refractivity contribution in [3.8, 4) is 0 Å². The summed E-state index contributed by atoms with van der Waals surface area (Å²) in [6, 6.07) is 0. The number of Topliss-reactive ketones (excluding diaryl/α,β-unsaturated/α-hetero) is 1. The van der Waals surface area contributed by atoms with Gasteiger partial charge in [-0.25, -0.2) is 0 Å². The number of rotatable bonds is 2. The van der Waals surface area contributed by atoms with Crippen LogP contribution in [0.4, 0.5) is 0 Å². The molecule has 5 saturated carbocycles. The summed E-state index contributed by atoms with van der Waals surface area (Å²) in [4.78, 5) is 14.2. The topological polar surface area (TPSA) is 77.8 Å². The highest BCUT2D eigenvalue weighted by molar-refractivity contribution is 5.89. The molecule has 31 heavy (non-hydrogen) atoms. The van der Waals surface area contributed by atoms with Gasteiger partial charge in [-0.15, -0.1) is 0 Å². The van der Waals surface area contributed by atoms with Gasteiger partial charge in [-0.1, -0.05) is 34.6 Å². The molecule has 4 nitrogen and oxygen atoms in total. The van der Waals surface area contributed by atoms with Crippen LogP contribution in [0.1, 0.15) is 86.0 Å². The minimum atomic E-state index is -0.861. The second kappa shape index (κ2) is 7.03. The molecule has 4 heteroatoms. The number of aliphatic hydroxyl groups is 3. The van der Waals surface area contributed by atoms with Crippen molar-refractivity contribution in [2.45, 2.75) is 104 Å². The average molecular weight is 433 g/mol. The molecular formula is C27H44O4. The lowest BCUT2D eigenvalue weighted by Crippen LogP contribution is -2.59. The summed E-state index contributed by atoms with van der Waals surface area (Å²) in [7, 11) is 0. The van der Waals surface area contributed by atoms with Gasteiger partial charge in [0.15, 0.2) is 0 Å². The predicted octanol–water partition coefficient (Wildman–Crippen LogP) is 4.20. The molecule has 0 aromatic carbocycles. The summed E-state index contributed by atoms with van der Waals surface area (Å²) in [6.07, 6.45) is 6.09. The molecule has 1 unspecified atom stereocenters. The Kier molecular flexibility index (Phi) is 5.07. The zero-order chi connectivity index (χ0) is 22.5. The first-order valence-electron chi connectivity index (χ1n) is 13.0. The van der Waals surface area contributed by atoms with E-state index in [4.69, 9.17) is 0 Å². The zero-order valence-electron chi connectivity index (χ0n) is 20.2.